The third kappa shape index (κ3) is 2.52. The fourth-order valence-corrected chi connectivity index (χ4v) is 5.36. The lowest BCUT2D eigenvalue weighted by Crippen LogP contribution is -2.51. The lowest BCUT2D eigenvalue weighted by Gasteiger charge is -2.49. The number of piperidine rings is 1. The molecule has 5 rings (SSSR count). The molecule has 0 spiro atoms. The van der Waals surface area contributed by atoms with Crippen LogP contribution in [0.2, 0.25) is 0 Å². The molecule has 0 bridgehead atoms. The van der Waals surface area contributed by atoms with Gasteiger partial charge in [-0.3, -0.25) is 4.90 Å². The van der Waals surface area contributed by atoms with Gasteiger partial charge in [0.2, 0.25) is 0 Å². The van der Waals surface area contributed by atoms with Crippen LogP contribution in [0.1, 0.15) is 40.5 Å². The minimum absolute atomic E-state index is 0. The summed E-state index contributed by atoms with van der Waals surface area (Å²) in [4.78, 5) is 18.6. The summed E-state index contributed by atoms with van der Waals surface area (Å²) in [6.45, 7) is 6.27. The lowest BCUT2D eigenvalue weighted by atomic mass is 9.72. The van der Waals surface area contributed by atoms with Crippen LogP contribution in [0, 0.1) is 18.8 Å². The zero-order chi connectivity index (χ0) is 18.7. The molecule has 1 aromatic heterocycles. The number of hydrogen-bond acceptors (Lipinski definition) is 4. The number of fused-ring (bicyclic) bond motifs is 6. The second-order valence-corrected chi connectivity index (χ2v) is 8.24. The van der Waals surface area contributed by atoms with E-state index in [1.54, 1.807) is 6.26 Å². The monoisotopic (exact) mass is 372 g/mol. The number of nitrogens with one attached hydrogen (secondary N) is 1. The minimum Gasteiger partial charge on any atom is -0.497 e. The number of hydrogen-bond donors (Lipinski definition) is 1. The average Bonchev–Trinajstić information content (AvgIpc) is 3.04. The minimum atomic E-state index is -0.256. The van der Waals surface area contributed by atoms with Gasteiger partial charge < -0.3 is 14.5 Å². The van der Waals surface area contributed by atoms with Crippen molar-refractivity contribution in [2.45, 2.75) is 38.8 Å². The molecule has 27 heavy (non-hydrogen) atoms. The van der Waals surface area contributed by atoms with E-state index in [2.05, 4.69) is 41.9 Å². The Morgan fingerprint density at radius 1 is 1.41 bits per heavy atom. The molecule has 0 aliphatic carbocycles. The topological polar surface area (TPSA) is 54.6 Å². The van der Waals surface area contributed by atoms with E-state index >= 15 is 0 Å². The fraction of sp³-hybridized carbons (Fsp3) is 0.500. The van der Waals surface area contributed by atoms with Crippen LogP contribution in [0.25, 0.3) is 10.9 Å². The van der Waals surface area contributed by atoms with Gasteiger partial charge in [0, 0.05) is 45.8 Å². The summed E-state index contributed by atoms with van der Waals surface area (Å²) in [6, 6.07) is 7.00. The summed E-state index contributed by atoms with van der Waals surface area (Å²) >= 11 is 0. The molecule has 5 heteroatoms. The molecule has 0 amide bonds. The van der Waals surface area contributed by atoms with Gasteiger partial charge in [0.25, 0.3) is 0 Å². The van der Waals surface area contributed by atoms with E-state index in [9.17, 15) is 4.79 Å². The Balaban J connectivity index is 0.00000107. The molecule has 2 aromatic rings. The molecule has 1 aromatic carbocycles. The standard InChI is InChI=1S/C22H26N2O3.3H2/c1-12-4-5-14-15-6-7-24-10-17-13(2)27-11-18(22(25)26-3)16(17)9-20(24)21(15)23-19(14)8-12;;;/h4-5,8,11,13,16-17,20,23H,6-7,9-10H2,1-3H3;3*1H. The van der Waals surface area contributed by atoms with Crippen molar-refractivity contribution < 1.29 is 18.5 Å². The molecule has 0 radical (unpaired) electrons. The molecule has 1 fully saturated rings. The Kier molecular flexibility index (Phi) is 3.83. The Morgan fingerprint density at radius 3 is 3.07 bits per heavy atom. The molecule has 5 nitrogen and oxygen atoms in total. The van der Waals surface area contributed by atoms with Gasteiger partial charge in [0.15, 0.2) is 0 Å². The second-order valence-electron chi connectivity index (χ2n) is 8.24. The van der Waals surface area contributed by atoms with E-state index in [1.165, 1.54) is 34.8 Å². The van der Waals surface area contributed by atoms with Crippen molar-refractivity contribution in [1.82, 2.24) is 9.88 Å². The van der Waals surface area contributed by atoms with E-state index in [0.717, 1.165) is 25.9 Å². The smallest absolute Gasteiger partial charge is 0.337 e. The number of methoxy groups -OCH3 is 1. The van der Waals surface area contributed by atoms with Crippen LogP contribution in [-0.2, 0) is 20.7 Å². The van der Waals surface area contributed by atoms with Gasteiger partial charge in [-0.25, -0.2) is 4.79 Å². The quantitative estimate of drug-likeness (QED) is 0.761. The van der Waals surface area contributed by atoms with Crippen molar-refractivity contribution in [3.8, 4) is 0 Å². The summed E-state index contributed by atoms with van der Waals surface area (Å²) in [5, 5.41) is 1.35. The highest BCUT2D eigenvalue weighted by Crippen LogP contribution is 2.47. The maximum absolute atomic E-state index is 12.3. The SMILES string of the molecule is COC(=O)C1=COC(C)C2CN3CCc4c([nH]c5cc(C)ccc45)C3CC12.[HH].[HH].[HH]. The van der Waals surface area contributed by atoms with E-state index < -0.39 is 0 Å². The number of aromatic amines is 1. The summed E-state index contributed by atoms with van der Waals surface area (Å²) in [5.74, 6) is 0.253. The van der Waals surface area contributed by atoms with Crippen LogP contribution in [0.5, 0.6) is 0 Å². The van der Waals surface area contributed by atoms with Crippen molar-refractivity contribution in [2.75, 3.05) is 20.2 Å². The maximum atomic E-state index is 12.3. The normalized spacial score (nSPS) is 30.0. The van der Waals surface area contributed by atoms with Crippen molar-refractivity contribution in [2.24, 2.45) is 11.8 Å². The highest BCUT2D eigenvalue weighted by atomic mass is 16.5. The summed E-state index contributed by atoms with van der Waals surface area (Å²) in [5.41, 5.74) is 5.99. The van der Waals surface area contributed by atoms with Crippen molar-refractivity contribution >= 4 is 16.9 Å². The summed E-state index contributed by atoms with van der Waals surface area (Å²) in [7, 11) is 1.45. The van der Waals surface area contributed by atoms with Gasteiger partial charge in [-0.1, -0.05) is 12.1 Å². The zero-order valence-corrected chi connectivity index (χ0v) is 16.1. The van der Waals surface area contributed by atoms with Crippen molar-refractivity contribution in [3.63, 3.8) is 0 Å². The Bertz CT molecular complexity index is 958. The van der Waals surface area contributed by atoms with Crippen LogP contribution in [0.3, 0.4) is 0 Å². The van der Waals surface area contributed by atoms with Crippen molar-refractivity contribution in [3.05, 3.63) is 46.9 Å². The van der Waals surface area contributed by atoms with Gasteiger partial charge >= 0.3 is 5.97 Å². The first kappa shape index (κ1) is 16.9. The first-order valence-electron chi connectivity index (χ1n) is 9.85. The van der Waals surface area contributed by atoms with Crippen LogP contribution in [-0.4, -0.2) is 42.2 Å². The number of aromatic nitrogens is 1. The van der Waals surface area contributed by atoms with Crippen LogP contribution >= 0.6 is 0 Å². The van der Waals surface area contributed by atoms with Crippen LogP contribution < -0.4 is 0 Å². The zero-order valence-electron chi connectivity index (χ0n) is 16.1. The van der Waals surface area contributed by atoms with E-state index in [1.807, 2.05) is 0 Å². The van der Waals surface area contributed by atoms with Crippen LogP contribution in [0.15, 0.2) is 30.0 Å². The van der Waals surface area contributed by atoms with Gasteiger partial charge in [-0.2, -0.15) is 0 Å². The molecule has 3 aliphatic heterocycles. The molecule has 0 saturated carbocycles. The average molecular weight is 373 g/mol. The first-order valence-corrected chi connectivity index (χ1v) is 9.85. The molecule has 1 N–H and O–H groups in total. The Morgan fingerprint density at radius 2 is 2.26 bits per heavy atom. The first-order chi connectivity index (χ1) is 13.1. The summed E-state index contributed by atoms with van der Waals surface area (Å²) < 4.78 is 10.8. The van der Waals surface area contributed by atoms with Gasteiger partial charge in [0.1, 0.15) is 0 Å². The number of aryl methyl sites for hydroxylation is 1. The maximum Gasteiger partial charge on any atom is 0.337 e. The second kappa shape index (κ2) is 6.13. The van der Waals surface area contributed by atoms with Crippen molar-refractivity contribution in [1.29, 1.82) is 0 Å². The third-order valence-electron chi connectivity index (χ3n) is 6.79. The number of rotatable bonds is 1. The molecule has 148 valence electrons. The molecule has 1 saturated heterocycles. The number of nitrogens with zero attached hydrogens (tertiary/aromatic N) is 1. The lowest BCUT2D eigenvalue weighted by molar-refractivity contribution is -0.139. The molecule has 4 heterocycles. The number of benzene rings is 1. The highest BCUT2D eigenvalue weighted by molar-refractivity contribution is 5.89. The molecule has 4 atom stereocenters. The molecular formula is C22H32N2O3. The fourth-order valence-electron chi connectivity index (χ4n) is 5.36. The summed E-state index contributed by atoms with van der Waals surface area (Å²) in [6.07, 6.45) is 3.77. The highest BCUT2D eigenvalue weighted by Gasteiger charge is 2.46. The molecule has 4 unspecified atom stereocenters. The molecule has 3 aliphatic rings. The van der Waals surface area contributed by atoms with E-state index in [0.29, 0.717) is 17.5 Å². The number of H-pyrrole nitrogens is 1. The molecular weight excluding hydrogens is 340 g/mol. The largest absolute Gasteiger partial charge is 0.497 e. The predicted octanol–water partition coefficient (Wildman–Crippen LogP) is 4.23. The number of ether oxygens (including phenoxy) is 2. The van der Waals surface area contributed by atoms with Gasteiger partial charge in [-0.05, 0) is 43.9 Å². The van der Waals surface area contributed by atoms with E-state index in [4.69, 9.17) is 9.47 Å². The van der Waals surface area contributed by atoms with E-state index in [-0.39, 0.29) is 22.3 Å². The van der Waals surface area contributed by atoms with Gasteiger partial charge in [0.05, 0.1) is 31.1 Å². The van der Waals surface area contributed by atoms with Crippen LogP contribution in [0.4, 0.5) is 0 Å². The predicted molar refractivity (Wildman–Crippen MR) is 110 cm³/mol. The Labute approximate surface area is 163 Å². The Hall–Kier alpha value is -2.27. The third-order valence-corrected chi connectivity index (χ3v) is 6.79. The number of carbonyl (C=O) groups is 1. The number of esters is 1. The van der Waals surface area contributed by atoms with Gasteiger partial charge in [-0.15, -0.1) is 0 Å². The number of carbonyl (C=O) groups excluding carboxylic acids is 1.